The molecule has 1 aliphatic rings. The molecular formula is C36H35FN4. The van der Waals surface area contributed by atoms with Crippen molar-refractivity contribution < 1.29 is 4.39 Å². The third-order valence-electron chi connectivity index (χ3n) is 8.22. The summed E-state index contributed by atoms with van der Waals surface area (Å²) in [5.74, 6) is 0.279. The highest BCUT2D eigenvalue weighted by Gasteiger charge is 2.17. The molecule has 206 valence electrons. The van der Waals surface area contributed by atoms with E-state index in [0.29, 0.717) is 5.92 Å². The summed E-state index contributed by atoms with van der Waals surface area (Å²) in [7, 11) is 0. The number of H-pyrrole nitrogens is 2. The quantitative estimate of drug-likeness (QED) is 0.171. The van der Waals surface area contributed by atoms with Gasteiger partial charge in [0.2, 0.25) is 0 Å². The minimum absolute atomic E-state index is 0.241. The molecule has 2 aromatic heterocycles. The maximum absolute atomic E-state index is 13.6. The fraction of sp³-hybridized carbons (Fsp3) is 0.194. The topological polar surface area (TPSA) is 56.5 Å². The number of aromatic amines is 2. The van der Waals surface area contributed by atoms with Gasteiger partial charge in [0.1, 0.15) is 11.5 Å². The molecule has 1 fully saturated rings. The number of benzene rings is 3. The molecule has 1 saturated carbocycles. The van der Waals surface area contributed by atoms with E-state index in [1.807, 2.05) is 24.3 Å². The van der Waals surface area contributed by atoms with Crippen LogP contribution in [0.1, 0.15) is 44.6 Å². The van der Waals surface area contributed by atoms with Crippen molar-refractivity contribution in [1.29, 1.82) is 0 Å². The fourth-order valence-electron chi connectivity index (χ4n) is 5.95. The Morgan fingerprint density at radius 3 is 2.54 bits per heavy atom. The highest BCUT2D eigenvalue weighted by Crippen LogP contribution is 2.35. The summed E-state index contributed by atoms with van der Waals surface area (Å²) >= 11 is 0. The Bertz CT molecular complexity index is 1790. The van der Waals surface area contributed by atoms with Crippen LogP contribution in [0.5, 0.6) is 0 Å². The van der Waals surface area contributed by atoms with Gasteiger partial charge in [-0.1, -0.05) is 68.8 Å². The monoisotopic (exact) mass is 542 g/mol. The van der Waals surface area contributed by atoms with Gasteiger partial charge in [-0.3, -0.25) is 5.10 Å². The Balaban J connectivity index is 1.33. The molecule has 0 amide bonds. The molecule has 0 atom stereocenters. The van der Waals surface area contributed by atoms with Gasteiger partial charge in [0.25, 0.3) is 0 Å². The van der Waals surface area contributed by atoms with Crippen LogP contribution in [0.4, 0.5) is 4.39 Å². The fourth-order valence-corrected chi connectivity index (χ4v) is 5.95. The lowest BCUT2D eigenvalue weighted by Gasteiger charge is -2.25. The molecule has 0 saturated heterocycles. The lowest BCUT2D eigenvalue weighted by Crippen LogP contribution is -2.20. The van der Waals surface area contributed by atoms with Gasteiger partial charge in [0, 0.05) is 27.7 Å². The predicted molar refractivity (Wildman–Crippen MR) is 170 cm³/mol. The van der Waals surface area contributed by atoms with Gasteiger partial charge in [0.15, 0.2) is 0 Å². The summed E-state index contributed by atoms with van der Waals surface area (Å²) in [5, 5.41) is 13.5. The van der Waals surface area contributed by atoms with E-state index in [1.165, 1.54) is 44.2 Å². The zero-order chi connectivity index (χ0) is 28.3. The second-order valence-corrected chi connectivity index (χ2v) is 10.8. The first kappa shape index (κ1) is 26.6. The third-order valence-corrected chi connectivity index (χ3v) is 8.22. The molecular weight excluding hydrogens is 507 g/mol. The van der Waals surface area contributed by atoms with Gasteiger partial charge in [0.05, 0.1) is 11.2 Å². The average molecular weight is 543 g/mol. The van der Waals surface area contributed by atoms with Crippen LogP contribution in [0.3, 0.4) is 0 Å². The van der Waals surface area contributed by atoms with Crippen molar-refractivity contribution in [3.63, 3.8) is 0 Å². The van der Waals surface area contributed by atoms with E-state index in [1.54, 1.807) is 0 Å². The molecule has 3 N–H and O–H groups in total. The van der Waals surface area contributed by atoms with Crippen molar-refractivity contribution in [2.45, 2.75) is 39.0 Å². The third kappa shape index (κ3) is 5.40. The van der Waals surface area contributed by atoms with Gasteiger partial charge in [-0.25, -0.2) is 4.39 Å². The number of hydrogen-bond donors (Lipinski definition) is 3. The second-order valence-electron chi connectivity index (χ2n) is 10.8. The highest BCUT2D eigenvalue weighted by molar-refractivity contribution is 6.01. The van der Waals surface area contributed by atoms with E-state index in [-0.39, 0.29) is 5.82 Å². The molecule has 3 aromatic carbocycles. The molecule has 41 heavy (non-hydrogen) atoms. The first-order valence-electron chi connectivity index (χ1n) is 14.4. The van der Waals surface area contributed by atoms with Gasteiger partial charge in [-0.15, -0.1) is 0 Å². The number of halogens is 1. The number of allylic oxidation sites excluding steroid dienone is 5. The smallest absolute Gasteiger partial charge is 0.123 e. The molecule has 0 unspecified atom stereocenters. The lowest BCUT2D eigenvalue weighted by atomic mass is 9.87. The average Bonchev–Trinajstić information content (AvgIpc) is 3.64. The summed E-state index contributed by atoms with van der Waals surface area (Å²) in [6.07, 6.45) is 12.4. The number of nitrogens with one attached hydrogen (secondary N) is 3. The van der Waals surface area contributed by atoms with Crippen LogP contribution < -0.4 is 5.32 Å². The van der Waals surface area contributed by atoms with Gasteiger partial charge in [-0.2, -0.15) is 5.10 Å². The molecule has 2 heterocycles. The second kappa shape index (κ2) is 11.5. The Morgan fingerprint density at radius 1 is 0.976 bits per heavy atom. The van der Waals surface area contributed by atoms with E-state index < -0.39 is 0 Å². The Kier molecular flexibility index (Phi) is 7.43. The van der Waals surface area contributed by atoms with Crippen molar-refractivity contribution in [3.05, 3.63) is 121 Å². The van der Waals surface area contributed by atoms with Crippen molar-refractivity contribution in [2.24, 2.45) is 5.92 Å². The van der Waals surface area contributed by atoms with Crippen molar-refractivity contribution >= 4 is 27.4 Å². The zero-order valence-corrected chi connectivity index (χ0v) is 23.4. The van der Waals surface area contributed by atoms with Crippen LogP contribution in [0.15, 0.2) is 110 Å². The Morgan fingerprint density at radius 2 is 1.78 bits per heavy atom. The number of aromatic nitrogens is 3. The minimum Gasteiger partial charge on any atom is -0.359 e. The molecule has 0 bridgehead atoms. The van der Waals surface area contributed by atoms with Crippen molar-refractivity contribution in [2.75, 3.05) is 0 Å². The minimum atomic E-state index is -0.241. The van der Waals surface area contributed by atoms with Gasteiger partial charge < -0.3 is 10.3 Å². The SMILES string of the molecule is C=C/C(=C\C(=C/C)c1ccc2[nH]nc(-c3cc4c(-c5ccc(F)cc5)cccc4[nH]3)c2c1)NC(=C)C1CCCCC1. The summed E-state index contributed by atoms with van der Waals surface area (Å²) in [5.41, 5.74) is 9.99. The van der Waals surface area contributed by atoms with Crippen LogP contribution in [0.25, 0.3) is 49.9 Å². The van der Waals surface area contributed by atoms with Gasteiger partial charge in [-0.05, 0) is 96.5 Å². The van der Waals surface area contributed by atoms with Crippen molar-refractivity contribution in [1.82, 2.24) is 20.5 Å². The molecule has 0 aliphatic heterocycles. The first-order valence-corrected chi connectivity index (χ1v) is 14.4. The summed E-state index contributed by atoms with van der Waals surface area (Å²) < 4.78 is 13.6. The van der Waals surface area contributed by atoms with Gasteiger partial charge >= 0.3 is 0 Å². The summed E-state index contributed by atoms with van der Waals surface area (Å²) in [4.78, 5) is 3.55. The van der Waals surface area contributed by atoms with E-state index in [9.17, 15) is 4.39 Å². The Labute approximate surface area is 240 Å². The highest BCUT2D eigenvalue weighted by atomic mass is 19.1. The van der Waals surface area contributed by atoms with Crippen LogP contribution in [0.2, 0.25) is 0 Å². The van der Waals surface area contributed by atoms with Crippen LogP contribution >= 0.6 is 0 Å². The first-order chi connectivity index (χ1) is 20.0. The normalized spacial score (nSPS) is 15.0. The van der Waals surface area contributed by atoms with E-state index in [0.717, 1.165) is 66.9 Å². The molecule has 0 radical (unpaired) electrons. The molecule has 5 aromatic rings. The molecule has 5 heteroatoms. The summed E-state index contributed by atoms with van der Waals surface area (Å²) in [6, 6.07) is 21.3. The van der Waals surface area contributed by atoms with E-state index in [2.05, 4.69) is 89.1 Å². The molecule has 0 spiro atoms. The zero-order valence-electron chi connectivity index (χ0n) is 23.4. The maximum atomic E-state index is 13.6. The van der Waals surface area contributed by atoms with Crippen molar-refractivity contribution in [3.8, 4) is 22.5 Å². The number of rotatable bonds is 8. The Hall–Kier alpha value is -4.64. The number of hydrogen-bond acceptors (Lipinski definition) is 2. The number of nitrogens with zero attached hydrogens (tertiary/aromatic N) is 1. The molecule has 6 rings (SSSR count). The van der Waals surface area contributed by atoms with E-state index >= 15 is 0 Å². The lowest BCUT2D eigenvalue weighted by molar-refractivity contribution is 0.393. The predicted octanol–water partition coefficient (Wildman–Crippen LogP) is 9.67. The summed E-state index contributed by atoms with van der Waals surface area (Å²) in [6.45, 7) is 10.5. The molecule has 1 aliphatic carbocycles. The van der Waals surface area contributed by atoms with Crippen LogP contribution in [-0.2, 0) is 0 Å². The van der Waals surface area contributed by atoms with Crippen LogP contribution in [-0.4, -0.2) is 15.2 Å². The maximum Gasteiger partial charge on any atom is 0.123 e. The molecule has 4 nitrogen and oxygen atoms in total. The van der Waals surface area contributed by atoms with Crippen LogP contribution in [0, 0.1) is 11.7 Å². The number of fused-ring (bicyclic) bond motifs is 2. The van der Waals surface area contributed by atoms with E-state index in [4.69, 9.17) is 0 Å². The largest absolute Gasteiger partial charge is 0.359 e. The standard InChI is InChI=1S/C36H35FN4/c1-4-24(20-29(5-2)38-23(3)25-10-7-6-8-11-25)27-16-19-34-32(21-27)36(41-40-34)35-22-31-30(12-9-13-33(31)39-35)26-14-17-28(37)18-15-26/h4-5,9,12-22,25,38-39H,2-3,6-8,10-11H2,1H3,(H,40,41)/b24-4+,29-20+.